The Bertz CT molecular complexity index is 682. The molecule has 0 amide bonds. The lowest BCUT2D eigenvalue weighted by Gasteiger charge is -2.31. The van der Waals surface area contributed by atoms with Crippen LogP contribution < -0.4 is 5.32 Å². The van der Waals surface area contributed by atoms with Gasteiger partial charge in [-0.2, -0.15) is 4.31 Å². The summed E-state index contributed by atoms with van der Waals surface area (Å²) in [6.07, 6.45) is 1.41. The van der Waals surface area contributed by atoms with Gasteiger partial charge in [0.2, 0.25) is 10.0 Å². The van der Waals surface area contributed by atoms with Gasteiger partial charge in [0.25, 0.3) is 5.69 Å². The average Bonchev–Trinajstić information content (AvgIpc) is 2.48. The third-order valence-corrected chi connectivity index (χ3v) is 6.26. The van der Waals surface area contributed by atoms with E-state index in [0.29, 0.717) is 24.0 Å². The van der Waals surface area contributed by atoms with Gasteiger partial charge in [0, 0.05) is 18.7 Å². The minimum Gasteiger partial charge on any atom is -0.317 e. The van der Waals surface area contributed by atoms with E-state index in [1.165, 1.54) is 11.4 Å². The number of nitro benzene ring substituents is 1. The Hall–Kier alpha value is -1.51. The Labute approximate surface area is 130 Å². The Morgan fingerprint density at radius 3 is 2.32 bits per heavy atom. The summed E-state index contributed by atoms with van der Waals surface area (Å²) in [6.45, 7) is 4.65. The van der Waals surface area contributed by atoms with Crippen molar-refractivity contribution in [3.8, 4) is 0 Å². The number of rotatable bonds is 4. The lowest BCUT2D eigenvalue weighted by Crippen LogP contribution is -2.44. The van der Waals surface area contributed by atoms with Crippen molar-refractivity contribution in [2.24, 2.45) is 0 Å². The number of hydrogen-bond acceptors (Lipinski definition) is 5. The molecule has 1 fully saturated rings. The quantitative estimate of drug-likeness (QED) is 0.669. The van der Waals surface area contributed by atoms with Crippen LogP contribution in [0.5, 0.6) is 0 Å². The molecule has 1 aromatic carbocycles. The van der Waals surface area contributed by atoms with Crippen LogP contribution in [0.15, 0.2) is 17.0 Å². The Morgan fingerprint density at radius 1 is 1.23 bits per heavy atom. The predicted octanol–water partition coefficient (Wildman–Crippen LogP) is 1.58. The number of aryl methyl sites for hydroxylation is 2. The summed E-state index contributed by atoms with van der Waals surface area (Å²) in [4.78, 5) is 10.6. The van der Waals surface area contributed by atoms with Crippen LogP contribution in [0.4, 0.5) is 5.69 Å². The van der Waals surface area contributed by atoms with E-state index >= 15 is 0 Å². The van der Waals surface area contributed by atoms with E-state index in [4.69, 9.17) is 0 Å². The molecule has 0 radical (unpaired) electrons. The number of benzene rings is 1. The van der Waals surface area contributed by atoms with Crippen molar-refractivity contribution < 1.29 is 13.3 Å². The number of nitrogens with one attached hydrogen (secondary N) is 1. The molecule has 0 spiro atoms. The molecule has 1 aromatic rings. The summed E-state index contributed by atoms with van der Waals surface area (Å²) in [6, 6.07) is 3.06. The van der Waals surface area contributed by atoms with E-state index in [2.05, 4.69) is 5.32 Å². The SMILES string of the molecule is Cc1ccc(C)c(S(=O)(=O)N(C)C2CCNCC2)c1[N+](=O)[O-]. The summed E-state index contributed by atoms with van der Waals surface area (Å²) in [7, 11) is -2.39. The first-order chi connectivity index (χ1) is 10.3. The second kappa shape index (κ2) is 6.31. The van der Waals surface area contributed by atoms with Gasteiger partial charge >= 0.3 is 0 Å². The molecule has 1 aliphatic rings. The van der Waals surface area contributed by atoms with Gasteiger partial charge in [0.05, 0.1) is 4.92 Å². The second-order valence-corrected chi connectivity index (χ2v) is 7.57. The largest absolute Gasteiger partial charge is 0.317 e. The molecule has 0 bridgehead atoms. The number of nitrogens with zero attached hydrogens (tertiary/aromatic N) is 2. The third-order valence-electron chi connectivity index (χ3n) is 4.17. The van der Waals surface area contributed by atoms with Crippen LogP contribution in [-0.2, 0) is 10.0 Å². The van der Waals surface area contributed by atoms with Gasteiger partial charge < -0.3 is 5.32 Å². The molecular formula is C14H21N3O4S. The highest BCUT2D eigenvalue weighted by Gasteiger charge is 2.36. The van der Waals surface area contributed by atoms with Gasteiger partial charge in [-0.15, -0.1) is 0 Å². The summed E-state index contributed by atoms with van der Waals surface area (Å²) < 4.78 is 27.2. The van der Waals surface area contributed by atoms with Gasteiger partial charge in [-0.05, 0) is 45.3 Å². The highest BCUT2D eigenvalue weighted by Crippen LogP contribution is 2.33. The maximum atomic E-state index is 12.9. The van der Waals surface area contributed by atoms with Gasteiger partial charge in [-0.3, -0.25) is 10.1 Å². The van der Waals surface area contributed by atoms with Crippen molar-refractivity contribution in [2.45, 2.75) is 37.6 Å². The fourth-order valence-corrected chi connectivity index (χ4v) is 4.68. The summed E-state index contributed by atoms with van der Waals surface area (Å²) in [5.41, 5.74) is 0.437. The molecular weight excluding hydrogens is 306 g/mol. The van der Waals surface area contributed by atoms with Crippen LogP contribution in [0.2, 0.25) is 0 Å². The van der Waals surface area contributed by atoms with Crippen molar-refractivity contribution in [1.82, 2.24) is 9.62 Å². The van der Waals surface area contributed by atoms with E-state index in [1.807, 2.05) is 0 Å². The normalized spacial score (nSPS) is 16.9. The lowest BCUT2D eigenvalue weighted by atomic mass is 10.1. The highest BCUT2D eigenvalue weighted by atomic mass is 32.2. The van der Waals surface area contributed by atoms with Gasteiger partial charge in [0.1, 0.15) is 0 Å². The second-order valence-electron chi connectivity index (χ2n) is 5.64. The van der Waals surface area contributed by atoms with Crippen LogP contribution in [0, 0.1) is 24.0 Å². The summed E-state index contributed by atoms with van der Waals surface area (Å²) in [5, 5.41) is 14.5. The summed E-state index contributed by atoms with van der Waals surface area (Å²) in [5.74, 6) is 0. The molecule has 1 heterocycles. The molecule has 1 N–H and O–H groups in total. The monoisotopic (exact) mass is 327 g/mol. The third kappa shape index (κ3) is 2.99. The van der Waals surface area contributed by atoms with Gasteiger partial charge in [0.15, 0.2) is 4.90 Å². The minimum absolute atomic E-state index is 0.134. The van der Waals surface area contributed by atoms with Crippen LogP contribution in [0.3, 0.4) is 0 Å². The minimum atomic E-state index is -3.90. The molecule has 122 valence electrons. The molecule has 2 rings (SSSR count). The molecule has 0 atom stereocenters. The first-order valence-corrected chi connectivity index (χ1v) is 8.64. The standard InChI is InChI=1S/C14H21N3O4S/c1-10-4-5-11(2)14(13(10)17(18)19)22(20,21)16(3)12-6-8-15-9-7-12/h4-5,12,15H,6-9H2,1-3H3. The van der Waals surface area contributed by atoms with Crippen LogP contribution >= 0.6 is 0 Å². The number of hydrogen-bond donors (Lipinski definition) is 1. The maximum Gasteiger partial charge on any atom is 0.292 e. The molecule has 8 heteroatoms. The molecule has 0 saturated carbocycles. The van der Waals surface area contributed by atoms with Crippen LogP contribution in [0.25, 0.3) is 0 Å². The number of sulfonamides is 1. The van der Waals surface area contributed by atoms with E-state index in [-0.39, 0.29) is 16.6 Å². The zero-order valence-corrected chi connectivity index (χ0v) is 13.8. The van der Waals surface area contributed by atoms with E-state index in [1.54, 1.807) is 26.0 Å². The van der Waals surface area contributed by atoms with E-state index in [9.17, 15) is 18.5 Å². The number of piperidine rings is 1. The van der Waals surface area contributed by atoms with Crippen molar-refractivity contribution in [2.75, 3.05) is 20.1 Å². The van der Waals surface area contributed by atoms with E-state index in [0.717, 1.165) is 13.1 Å². The van der Waals surface area contributed by atoms with Gasteiger partial charge in [-0.1, -0.05) is 12.1 Å². The lowest BCUT2D eigenvalue weighted by molar-refractivity contribution is -0.388. The number of nitro groups is 1. The van der Waals surface area contributed by atoms with Crippen molar-refractivity contribution >= 4 is 15.7 Å². The highest BCUT2D eigenvalue weighted by molar-refractivity contribution is 7.89. The maximum absolute atomic E-state index is 12.9. The first-order valence-electron chi connectivity index (χ1n) is 7.20. The fraction of sp³-hybridized carbons (Fsp3) is 0.571. The van der Waals surface area contributed by atoms with Crippen LogP contribution in [-0.4, -0.2) is 43.8 Å². The van der Waals surface area contributed by atoms with Crippen molar-refractivity contribution in [1.29, 1.82) is 0 Å². The molecule has 0 aromatic heterocycles. The Balaban J connectivity index is 2.53. The average molecular weight is 327 g/mol. The molecule has 7 nitrogen and oxygen atoms in total. The van der Waals surface area contributed by atoms with Crippen molar-refractivity contribution in [3.05, 3.63) is 33.4 Å². The van der Waals surface area contributed by atoms with Crippen molar-refractivity contribution in [3.63, 3.8) is 0 Å². The molecule has 0 unspecified atom stereocenters. The fourth-order valence-electron chi connectivity index (χ4n) is 2.83. The Morgan fingerprint density at radius 2 is 1.77 bits per heavy atom. The first kappa shape index (κ1) is 16.9. The molecule has 22 heavy (non-hydrogen) atoms. The van der Waals surface area contributed by atoms with Crippen LogP contribution in [0.1, 0.15) is 24.0 Å². The predicted molar refractivity (Wildman–Crippen MR) is 83.4 cm³/mol. The molecule has 1 saturated heterocycles. The zero-order chi connectivity index (χ0) is 16.5. The van der Waals surface area contributed by atoms with E-state index < -0.39 is 14.9 Å². The zero-order valence-electron chi connectivity index (χ0n) is 13.0. The smallest absolute Gasteiger partial charge is 0.292 e. The van der Waals surface area contributed by atoms with Gasteiger partial charge in [-0.25, -0.2) is 8.42 Å². The molecule has 1 aliphatic heterocycles. The molecule has 0 aliphatic carbocycles. The topological polar surface area (TPSA) is 92.6 Å². The Kier molecular flexibility index (Phi) is 4.84. The summed E-state index contributed by atoms with van der Waals surface area (Å²) >= 11 is 0.